The van der Waals surface area contributed by atoms with Gasteiger partial charge in [0, 0.05) is 18.5 Å². The number of aromatic nitrogens is 1. The quantitative estimate of drug-likeness (QED) is 0.612. The molecule has 0 saturated carbocycles. The summed E-state index contributed by atoms with van der Waals surface area (Å²) in [5, 5.41) is 0.476. The third-order valence-electron chi connectivity index (χ3n) is 3.76. The Kier molecular flexibility index (Phi) is 6.06. The third kappa shape index (κ3) is 4.81. The van der Waals surface area contributed by atoms with Crippen molar-refractivity contribution in [3.05, 3.63) is 64.5 Å². The van der Waals surface area contributed by atoms with Gasteiger partial charge in [-0.15, -0.1) is 0 Å². The summed E-state index contributed by atoms with van der Waals surface area (Å²) in [5.74, 6) is 1.20. The molecule has 1 N–H and O–H groups in total. The zero-order valence-electron chi connectivity index (χ0n) is 14.3. The molecule has 2 aromatic carbocycles. The van der Waals surface area contributed by atoms with E-state index in [1.165, 1.54) is 24.5 Å². The van der Waals surface area contributed by atoms with Crippen LogP contribution in [0.3, 0.4) is 0 Å². The average molecular weight is 427 g/mol. The van der Waals surface area contributed by atoms with Crippen LogP contribution in [0, 0.1) is 0 Å². The van der Waals surface area contributed by atoms with Gasteiger partial charge < -0.3 is 9.15 Å². The molecule has 0 aliphatic heterocycles. The van der Waals surface area contributed by atoms with Crippen LogP contribution in [0.4, 0.5) is 0 Å². The maximum Gasteiger partial charge on any atom is 0.240 e. The predicted molar refractivity (Wildman–Crippen MR) is 104 cm³/mol. The van der Waals surface area contributed by atoms with Crippen molar-refractivity contribution in [3.63, 3.8) is 0 Å². The first-order chi connectivity index (χ1) is 12.9. The highest BCUT2D eigenvalue weighted by Crippen LogP contribution is 2.25. The molecule has 27 heavy (non-hydrogen) atoms. The molecule has 0 amide bonds. The lowest BCUT2D eigenvalue weighted by Gasteiger charge is -2.06. The van der Waals surface area contributed by atoms with E-state index < -0.39 is 10.0 Å². The van der Waals surface area contributed by atoms with Gasteiger partial charge in [0.2, 0.25) is 15.9 Å². The summed E-state index contributed by atoms with van der Waals surface area (Å²) in [5.41, 5.74) is 1.44. The third-order valence-corrected chi connectivity index (χ3v) is 5.96. The zero-order valence-corrected chi connectivity index (χ0v) is 16.6. The Hall–Kier alpha value is -2.06. The predicted octanol–water partition coefficient (Wildman–Crippen LogP) is 4.18. The highest BCUT2D eigenvalue weighted by Gasteiger charge is 2.15. The van der Waals surface area contributed by atoms with Crippen LogP contribution in [-0.4, -0.2) is 27.1 Å². The van der Waals surface area contributed by atoms with Gasteiger partial charge in [0.25, 0.3) is 0 Å². The van der Waals surface area contributed by atoms with Crippen LogP contribution in [0.25, 0.3) is 11.5 Å². The number of nitrogens with one attached hydrogen (secondary N) is 1. The first kappa shape index (κ1) is 19.7. The normalized spacial score (nSPS) is 11.5. The number of benzene rings is 2. The number of halogens is 2. The molecule has 0 aliphatic rings. The molecule has 1 heterocycles. The van der Waals surface area contributed by atoms with Crippen molar-refractivity contribution >= 4 is 33.2 Å². The van der Waals surface area contributed by atoms with Crippen molar-refractivity contribution in [1.29, 1.82) is 0 Å². The highest BCUT2D eigenvalue weighted by molar-refractivity contribution is 7.89. The molecule has 3 aromatic rings. The molecule has 0 bridgehead atoms. The lowest BCUT2D eigenvalue weighted by Crippen LogP contribution is -2.26. The monoisotopic (exact) mass is 426 g/mol. The van der Waals surface area contributed by atoms with E-state index in [1.807, 2.05) is 24.3 Å². The van der Waals surface area contributed by atoms with Gasteiger partial charge in [-0.3, -0.25) is 0 Å². The Morgan fingerprint density at radius 1 is 1.11 bits per heavy atom. The molecule has 0 spiro atoms. The van der Waals surface area contributed by atoms with Crippen LogP contribution in [0.15, 0.2) is 58.0 Å². The fraction of sp³-hybridized carbons (Fsp3) is 0.167. The minimum absolute atomic E-state index is 0.0518. The fourth-order valence-electron chi connectivity index (χ4n) is 2.33. The number of nitrogens with zero attached hydrogens (tertiary/aromatic N) is 1. The topological polar surface area (TPSA) is 81.4 Å². The van der Waals surface area contributed by atoms with Crippen molar-refractivity contribution in [3.8, 4) is 17.2 Å². The Morgan fingerprint density at radius 3 is 2.52 bits per heavy atom. The SMILES string of the molecule is COc1ccc(-c2nc(CCNS(=O)(=O)c3ccc(Cl)c(Cl)c3)co2)cc1. The molecular weight excluding hydrogens is 411 g/mol. The van der Waals surface area contributed by atoms with Crippen molar-refractivity contribution in [1.82, 2.24) is 9.71 Å². The highest BCUT2D eigenvalue weighted by atomic mass is 35.5. The van der Waals surface area contributed by atoms with Gasteiger partial charge in [-0.05, 0) is 42.5 Å². The molecule has 0 aliphatic carbocycles. The summed E-state index contributed by atoms with van der Waals surface area (Å²) in [6, 6.07) is 11.4. The van der Waals surface area contributed by atoms with Gasteiger partial charge in [-0.2, -0.15) is 0 Å². The van der Waals surface area contributed by atoms with Crippen LogP contribution in [0.5, 0.6) is 5.75 Å². The molecule has 0 saturated heterocycles. The van der Waals surface area contributed by atoms with Crippen LogP contribution in [0.1, 0.15) is 5.69 Å². The number of hydrogen-bond donors (Lipinski definition) is 1. The molecule has 3 rings (SSSR count). The van der Waals surface area contributed by atoms with Gasteiger partial charge in [0.05, 0.1) is 27.7 Å². The Balaban J connectivity index is 1.62. The van der Waals surface area contributed by atoms with Crippen molar-refractivity contribution in [2.45, 2.75) is 11.3 Å². The summed E-state index contributed by atoms with van der Waals surface area (Å²) >= 11 is 11.7. The number of oxazole rings is 1. The maximum atomic E-state index is 12.3. The van der Waals surface area contributed by atoms with Gasteiger partial charge >= 0.3 is 0 Å². The van der Waals surface area contributed by atoms with E-state index in [0.717, 1.165) is 11.3 Å². The van der Waals surface area contributed by atoms with Crippen LogP contribution >= 0.6 is 23.2 Å². The zero-order chi connectivity index (χ0) is 19.4. The van der Waals surface area contributed by atoms with E-state index in [1.54, 1.807) is 7.11 Å². The second-order valence-electron chi connectivity index (χ2n) is 5.60. The summed E-state index contributed by atoms with van der Waals surface area (Å²) in [6.45, 7) is 0.164. The van der Waals surface area contributed by atoms with E-state index in [4.69, 9.17) is 32.4 Å². The summed E-state index contributed by atoms with van der Waals surface area (Å²) < 4.78 is 37.7. The molecule has 0 fully saturated rings. The molecule has 0 atom stereocenters. The number of hydrogen-bond acceptors (Lipinski definition) is 5. The standard InChI is InChI=1S/C18H16Cl2N2O4S/c1-25-14-4-2-12(3-5-14)18-22-13(11-26-18)8-9-21-27(23,24)15-6-7-16(19)17(20)10-15/h2-7,10-11,21H,8-9H2,1H3. The minimum Gasteiger partial charge on any atom is -0.497 e. The average Bonchev–Trinajstić information content (AvgIpc) is 3.12. The first-order valence-corrected chi connectivity index (χ1v) is 10.2. The van der Waals surface area contributed by atoms with Crippen LogP contribution in [-0.2, 0) is 16.4 Å². The molecule has 6 nitrogen and oxygen atoms in total. The molecule has 1 aromatic heterocycles. The maximum absolute atomic E-state index is 12.3. The summed E-state index contributed by atoms with van der Waals surface area (Å²) in [6.07, 6.45) is 1.88. The van der Waals surface area contributed by atoms with Gasteiger partial charge in [0.15, 0.2) is 0 Å². The van der Waals surface area contributed by atoms with Crippen molar-refractivity contribution < 1.29 is 17.6 Å². The second-order valence-corrected chi connectivity index (χ2v) is 8.18. The number of rotatable bonds is 7. The molecule has 0 radical (unpaired) electrons. The largest absolute Gasteiger partial charge is 0.497 e. The minimum atomic E-state index is -3.69. The Morgan fingerprint density at radius 2 is 1.85 bits per heavy atom. The van der Waals surface area contributed by atoms with Gasteiger partial charge in [0.1, 0.15) is 12.0 Å². The van der Waals surface area contributed by atoms with Crippen LogP contribution < -0.4 is 9.46 Å². The lowest BCUT2D eigenvalue weighted by atomic mass is 10.2. The molecule has 142 valence electrons. The molecule has 9 heteroatoms. The van der Waals surface area contributed by atoms with Crippen molar-refractivity contribution in [2.24, 2.45) is 0 Å². The Labute approximate surface area is 167 Å². The van der Waals surface area contributed by atoms with E-state index in [-0.39, 0.29) is 16.5 Å². The molecular formula is C18H16Cl2N2O4S. The number of methoxy groups -OCH3 is 1. The lowest BCUT2D eigenvalue weighted by molar-refractivity contribution is 0.415. The van der Waals surface area contributed by atoms with E-state index >= 15 is 0 Å². The van der Waals surface area contributed by atoms with Gasteiger partial charge in [-0.25, -0.2) is 18.1 Å². The van der Waals surface area contributed by atoms with E-state index in [2.05, 4.69) is 9.71 Å². The summed E-state index contributed by atoms with van der Waals surface area (Å²) in [4.78, 5) is 4.42. The smallest absolute Gasteiger partial charge is 0.240 e. The van der Waals surface area contributed by atoms with E-state index in [0.29, 0.717) is 23.0 Å². The second kappa shape index (κ2) is 8.31. The fourth-order valence-corrected chi connectivity index (χ4v) is 3.75. The van der Waals surface area contributed by atoms with E-state index in [9.17, 15) is 8.42 Å². The summed E-state index contributed by atoms with van der Waals surface area (Å²) in [7, 11) is -2.09. The van der Waals surface area contributed by atoms with Gasteiger partial charge in [-0.1, -0.05) is 23.2 Å². The number of ether oxygens (including phenoxy) is 1. The van der Waals surface area contributed by atoms with Crippen molar-refractivity contribution in [2.75, 3.05) is 13.7 Å². The number of sulfonamides is 1. The Bertz CT molecular complexity index is 1030. The van der Waals surface area contributed by atoms with Crippen LogP contribution in [0.2, 0.25) is 10.0 Å². The first-order valence-electron chi connectivity index (χ1n) is 7.92. The molecule has 0 unspecified atom stereocenters.